The molecule has 0 radical (unpaired) electrons. The number of fused-ring (bicyclic) bond motifs is 1. The molecule has 0 bridgehead atoms. The molecular formula is C18H19NOS. The van der Waals surface area contributed by atoms with Crippen LogP contribution >= 0.6 is 11.3 Å². The highest BCUT2D eigenvalue weighted by molar-refractivity contribution is 7.19. The predicted molar refractivity (Wildman–Crippen MR) is 90.3 cm³/mol. The second-order valence-electron chi connectivity index (χ2n) is 5.36. The van der Waals surface area contributed by atoms with E-state index in [-0.39, 0.29) is 6.04 Å². The van der Waals surface area contributed by atoms with E-state index in [9.17, 15) is 0 Å². The van der Waals surface area contributed by atoms with Crippen LogP contribution in [0.3, 0.4) is 0 Å². The van der Waals surface area contributed by atoms with Crippen molar-refractivity contribution in [2.75, 3.05) is 7.11 Å². The van der Waals surface area contributed by atoms with E-state index in [0.717, 1.165) is 11.3 Å². The first-order valence-corrected chi connectivity index (χ1v) is 7.81. The molecular weight excluding hydrogens is 278 g/mol. The van der Waals surface area contributed by atoms with E-state index in [0.29, 0.717) is 0 Å². The summed E-state index contributed by atoms with van der Waals surface area (Å²) >= 11 is 1.75. The van der Waals surface area contributed by atoms with Crippen molar-refractivity contribution in [3.63, 3.8) is 0 Å². The third-order valence-corrected chi connectivity index (χ3v) is 4.97. The van der Waals surface area contributed by atoms with Crippen LogP contribution in [-0.4, -0.2) is 7.11 Å². The van der Waals surface area contributed by atoms with Gasteiger partial charge in [-0.25, -0.2) is 0 Å². The number of nitrogens with two attached hydrogens (primary N) is 1. The van der Waals surface area contributed by atoms with Crippen molar-refractivity contribution in [2.24, 2.45) is 5.73 Å². The van der Waals surface area contributed by atoms with Crippen LogP contribution in [0.4, 0.5) is 0 Å². The molecule has 1 atom stereocenters. The number of methoxy groups -OCH3 is 1. The van der Waals surface area contributed by atoms with E-state index in [2.05, 4.69) is 56.3 Å². The molecule has 0 spiro atoms. The van der Waals surface area contributed by atoms with Gasteiger partial charge in [0, 0.05) is 15.1 Å². The molecule has 0 saturated carbocycles. The Labute approximate surface area is 129 Å². The van der Waals surface area contributed by atoms with Crippen LogP contribution in [0.25, 0.3) is 10.1 Å². The molecule has 3 rings (SSSR count). The molecule has 2 nitrogen and oxygen atoms in total. The van der Waals surface area contributed by atoms with Crippen LogP contribution in [0.2, 0.25) is 0 Å². The van der Waals surface area contributed by atoms with Crippen molar-refractivity contribution in [1.29, 1.82) is 0 Å². The lowest BCUT2D eigenvalue weighted by atomic mass is 9.97. The standard InChI is InChI=1S/C18H19NOS/c1-11-8-12(2)17(14(9-11)20-3)18(19)16-10-13-6-4-5-7-15(13)21-16/h4-10,18H,19H2,1-3H3. The van der Waals surface area contributed by atoms with Crippen molar-refractivity contribution in [3.8, 4) is 5.75 Å². The van der Waals surface area contributed by atoms with Gasteiger partial charge in [-0.3, -0.25) is 0 Å². The molecule has 0 aliphatic carbocycles. The van der Waals surface area contributed by atoms with Gasteiger partial charge >= 0.3 is 0 Å². The fraction of sp³-hybridized carbons (Fsp3) is 0.222. The summed E-state index contributed by atoms with van der Waals surface area (Å²) in [5.74, 6) is 0.873. The van der Waals surface area contributed by atoms with Gasteiger partial charge in [0.25, 0.3) is 0 Å². The number of rotatable bonds is 3. The quantitative estimate of drug-likeness (QED) is 0.768. The van der Waals surface area contributed by atoms with Gasteiger partial charge in [0.1, 0.15) is 5.75 Å². The average Bonchev–Trinajstić information content (AvgIpc) is 2.89. The van der Waals surface area contributed by atoms with Gasteiger partial charge in [-0.15, -0.1) is 11.3 Å². The minimum absolute atomic E-state index is 0.155. The van der Waals surface area contributed by atoms with Crippen LogP contribution < -0.4 is 10.5 Å². The molecule has 0 amide bonds. The SMILES string of the molecule is COc1cc(C)cc(C)c1C(N)c1cc2ccccc2s1. The summed E-state index contributed by atoms with van der Waals surface area (Å²) in [6.07, 6.45) is 0. The Bertz CT molecular complexity index is 758. The highest BCUT2D eigenvalue weighted by Crippen LogP contribution is 2.37. The molecule has 2 aromatic carbocycles. The van der Waals surface area contributed by atoms with Crippen LogP contribution in [0.15, 0.2) is 42.5 Å². The van der Waals surface area contributed by atoms with Gasteiger partial charge < -0.3 is 10.5 Å². The molecule has 108 valence electrons. The fourth-order valence-electron chi connectivity index (χ4n) is 2.81. The Morgan fingerprint density at radius 3 is 2.57 bits per heavy atom. The van der Waals surface area contributed by atoms with E-state index in [1.54, 1.807) is 18.4 Å². The van der Waals surface area contributed by atoms with Crippen molar-refractivity contribution in [2.45, 2.75) is 19.9 Å². The third kappa shape index (κ3) is 2.55. The summed E-state index contributed by atoms with van der Waals surface area (Å²) in [4.78, 5) is 1.17. The highest BCUT2D eigenvalue weighted by atomic mass is 32.1. The Morgan fingerprint density at radius 2 is 1.86 bits per heavy atom. The Hall–Kier alpha value is -1.84. The second kappa shape index (κ2) is 5.51. The van der Waals surface area contributed by atoms with Crippen LogP contribution in [0.5, 0.6) is 5.75 Å². The Morgan fingerprint density at radius 1 is 1.10 bits per heavy atom. The van der Waals surface area contributed by atoms with E-state index in [1.807, 2.05) is 0 Å². The van der Waals surface area contributed by atoms with E-state index in [1.165, 1.54) is 26.1 Å². The summed E-state index contributed by atoms with van der Waals surface area (Å²) in [5, 5.41) is 1.25. The molecule has 0 aliphatic heterocycles. The zero-order valence-corrected chi connectivity index (χ0v) is 13.3. The van der Waals surface area contributed by atoms with E-state index >= 15 is 0 Å². The average molecular weight is 297 g/mol. The zero-order chi connectivity index (χ0) is 15.0. The number of hydrogen-bond acceptors (Lipinski definition) is 3. The second-order valence-corrected chi connectivity index (χ2v) is 6.48. The third-order valence-electron chi connectivity index (χ3n) is 3.78. The molecule has 1 aromatic heterocycles. The van der Waals surface area contributed by atoms with Crippen LogP contribution in [0.1, 0.15) is 27.6 Å². The molecule has 3 aromatic rings. The normalized spacial score (nSPS) is 12.6. The van der Waals surface area contributed by atoms with Crippen molar-refractivity contribution in [1.82, 2.24) is 0 Å². The largest absolute Gasteiger partial charge is 0.496 e. The molecule has 2 N–H and O–H groups in total. The highest BCUT2D eigenvalue weighted by Gasteiger charge is 2.19. The summed E-state index contributed by atoms with van der Waals surface area (Å²) in [6, 6.07) is 14.6. The van der Waals surface area contributed by atoms with Gasteiger partial charge in [0.05, 0.1) is 13.2 Å². The number of hydrogen-bond donors (Lipinski definition) is 1. The first kappa shape index (κ1) is 14.1. The minimum Gasteiger partial charge on any atom is -0.496 e. The summed E-state index contributed by atoms with van der Waals surface area (Å²) < 4.78 is 6.82. The van der Waals surface area contributed by atoms with E-state index in [4.69, 9.17) is 10.5 Å². The fourth-order valence-corrected chi connectivity index (χ4v) is 3.88. The van der Waals surface area contributed by atoms with Gasteiger partial charge in [0.15, 0.2) is 0 Å². The van der Waals surface area contributed by atoms with Gasteiger partial charge in [-0.2, -0.15) is 0 Å². The van der Waals surface area contributed by atoms with Crippen molar-refractivity contribution in [3.05, 3.63) is 64.0 Å². The molecule has 1 heterocycles. The van der Waals surface area contributed by atoms with Gasteiger partial charge in [-0.05, 0) is 48.6 Å². The van der Waals surface area contributed by atoms with Gasteiger partial charge in [0.2, 0.25) is 0 Å². The van der Waals surface area contributed by atoms with Crippen molar-refractivity contribution >= 4 is 21.4 Å². The van der Waals surface area contributed by atoms with Crippen LogP contribution in [0, 0.1) is 13.8 Å². The maximum atomic E-state index is 6.54. The lowest BCUT2D eigenvalue weighted by Crippen LogP contribution is -2.13. The lowest BCUT2D eigenvalue weighted by Gasteiger charge is -2.18. The maximum Gasteiger partial charge on any atom is 0.124 e. The smallest absolute Gasteiger partial charge is 0.124 e. The molecule has 0 aliphatic rings. The molecule has 3 heteroatoms. The van der Waals surface area contributed by atoms with Crippen molar-refractivity contribution < 1.29 is 4.74 Å². The maximum absolute atomic E-state index is 6.54. The minimum atomic E-state index is -0.155. The lowest BCUT2D eigenvalue weighted by molar-refractivity contribution is 0.407. The Kier molecular flexibility index (Phi) is 3.70. The number of thiophene rings is 1. The first-order chi connectivity index (χ1) is 10.1. The van der Waals surface area contributed by atoms with Gasteiger partial charge in [-0.1, -0.05) is 24.3 Å². The molecule has 21 heavy (non-hydrogen) atoms. The summed E-state index contributed by atoms with van der Waals surface area (Å²) in [6.45, 7) is 4.17. The molecule has 1 unspecified atom stereocenters. The Balaban J connectivity index is 2.11. The monoisotopic (exact) mass is 297 g/mol. The summed E-state index contributed by atoms with van der Waals surface area (Å²) in [5.41, 5.74) is 9.99. The number of ether oxygens (including phenoxy) is 1. The van der Waals surface area contributed by atoms with Crippen LogP contribution in [-0.2, 0) is 0 Å². The zero-order valence-electron chi connectivity index (χ0n) is 12.5. The molecule has 0 fully saturated rings. The molecule has 0 saturated heterocycles. The topological polar surface area (TPSA) is 35.2 Å². The summed E-state index contributed by atoms with van der Waals surface area (Å²) in [7, 11) is 1.70. The first-order valence-electron chi connectivity index (χ1n) is 6.99. The number of benzene rings is 2. The number of aryl methyl sites for hydroxylation is 2. The van der Waals surface area contributed by atoms with E-state index < -0.39 is 0 Å². The predicted octanol–water partition coefficient (Wildman–Crippen LogP) is 4.57.